The molecule has 0 radical (unpaired) electrons. The summed E-state index contributed by atoms with van der Waals surface area (Å²) in [5, 5.41) is 10.6. The summed E-state index contributed by atoms with van der Waals surface area (Å²) < 4.78 is 68.2. The van der Waals surface area contributed by atoms with Crippen molar-refractivity contribution in [2.75, 3.05) is 39.6 Å². The molecule has 0 aromatic rings. The molecule has 17 nitrogen and oxygen atoms in total. The lowest BCUT2D eigenvalue weighted by Gasteiger charge is -2.21. The average molecular weight is 1330 g/mol. The maximum atomic E-state index is 13.0. The Hall–Kier alpha value is -1.94. The minimum absolute atomic E-state index is 0.105. The Morgan fingerprint density at radius 2 is 0.511 bits per heavy atom. The fourth-order valence-corrected chi connectivity index (χ4v) is 12.4. The van der Waals surface area contributed by atoms with Crippen LogP contribution in [0.15, 0.2) is 0 Å². The first-order chi connectivity index (χ1) is 43.5. The molecule has 19 heteroatoms. The second-order valence-corrected chi connectivity index (χ2v) is 29.0. The van der Waals surface area contributed by atoms with E-state index in [0.29, 0.717) is 25.7 Å². The third-order valence-corrected chi connectivity index (χ3v) is 18.4. The third-order valence-electron chi connectivity index (χ3n) is 16.5. The number of ether oxygens (including phenoxy) is 4. The summed E-state index contributed by atoms with van der Waals surface area (Å²) in [4.78, 5) is 72.4. The van der Waals surface area contributed by atoms with Crippen LogP contribution >= 0.6 is 15.6 Å². The van der Waals surface area contributed by atoms with E-state index in [1.165, 1.54) is 180 Å². The number of esters is 4. The van der Waals surface area contributed by atoms with Crippen LogP contribution in [0.4, 0.5) is 0 Å². The molecule has 0 spiro atoms. The minimum atomic E-state index is -4.95. The number of aliphatic hydroxyl groups excluding tert-OH is 1. The van der Waals surface area contributed by atoms with Crippen molar-refractivity contribution in [1.29, 1.82) is 0 Å². The molecule has 0 aliphatic rings. The molecule has 0 amide bonds. The van der Waals surface area contributed by atoms with E-state index in [1.54, 1.807) is 0 Å². The van der Waals surface area contributed by atoms with Gasteiger partial charge in [-0.3, -0.25) is 37.3 Å². The normalized spacial score (nSPS) is 14.1. The first-order valence-corrected chi connectivity index (χ1v) is 40.1. The highest BCUT2D eigenvalue weighted by Crippen LogP contribution is 2.45. The Bertz CT molecular complexity index is 1740. The lowest BCUT2D eigenvalue weighted by Crippen LogP contribution is -2.30. The van der Waals surface area contributed by atoms with E-state index in [-0.39, 0.29) is 25.7 Å². The summed E-state index contributed by atoms with van der Waals surface area (Å²) in [6, 6.07) is 0. The van der Waals surface area contributed by atoms with Crippen LogP contribution in [-0.2, 0) is 65.4 Å². The zero-order chi connectivity index (χ0) is 66.3. The minimum Gasteiger partial charge on any atom is -0.462 e. The van der Waals surface area contributed by atoms with Crippen LogP contribution in [-0.4, -0.2) is 96.7 Å². The number of aliphatic hydroxyl groups is 1. The summed E-state index contributed by atoms with van der Waals surface area (Å²) >= 11 is 0. The number of phosphoric ester groups is 2. The smallest absolute Gasteiger partial charge is 0.462 e. The van der Waals surface area contributed by atoms with E-state index < -0.39 is 97.5 Å². The van der Waals surface area contributed by atoms with Gasteiger partial charge in [-0.05, 0) is 31.6 Å². The number of carbonyl (C=O) groups excluding carboxylic acids is 4. The van der Waals surface area contributed by atoms with Crippen molar-refractivity contribution in [2.45, 2.75) is 387 Å². The van der Waals surface area contributed by atoms with Gasteiger partial charge in [0.1, 0.15) is 19.3 Å². The van der Waals surface area contributed by atoms with Gasteiger partial charge in [-0.2, -0.15) is 0 Å². The predicted octanol–water partition coefficient (Wildman–Crippen LogP) is 20.5. The molecular weight excluding hydrogens is 1190 g/mol. The number of unbranched alkanes of at least 4 members (excludes halogenated alkanes) is 43. The zero-order valence-electron chi connectivity index (χ0n) is 58.3. The number of phosphoric acid groups is 2. The van der Waals surface area contributed by atoms with Gasteiger partial charge >= 0.3 is 39.5 Å². The molecule has 2 unspecified atom stereocenters. The summed E-state index contributed by atoms with van der Waals surface area (Å²) in [6.07, 6.45) is 51.5. The first-order valence-electron chi connectivity index (χ1n) is 37.1. The Morgan fingerprint density at radius 3 is 0.756 bits per heavy atom. The highest BCUT2D eigenvalue weighted by atomic mass is 31.2. The summed E-state index contributed by atoms with van der Waals surface area (Å²) in [5.74, 6) is -1.32. The van der Waals surface area contributed by atoms with Crippen molar-refractivity contribution in [3.8, 4) is 0 Å². The van der Waals surface area contributed by atoms with Crippen molar-refractivity contribution in [3.63, 3.8) is 0 Å². The average Bonchev–Trinajstić information content (AvgIpc) is 2.83. The standard InChI is InChI=1S/C71H138O17P2/c1-6-9-12-15-18-21-22-23-26-30-33-36-41-45-50-55-69(74)82-61-67(88-71(76)57-52-47-42-37-34-31-28-25-24-27-29-32-35-38-43-48-53-64(4)5)63-86-90(79,80)84-59-65(72)58-83-89(77,78)85-62-66(87-70(75)56-51-46-40-20-17-14-11-8-3)60-81-68(73)54-49-44-39-19-16-13-10-7-2/h64-67,72H,6-63H2,1-5H3,(H,77,78)(H,79,80)/t65-,66+,67+/m0/s1. The maximum Gasteiger partial charge on any atom is 0.472 e. The highest BCUT2D eigenvalue weighted by Gasteiger charge is 2.30. The van der Waals surface area contributed by atoms with Crippen LogP contribution in [0, 0.1) is 5.92 Å². The molecule has 5 atom stereocenters. The predicted molar refractivity (Wildman–Crippen MR) is 363 cm³/mol. The molecule has 0 rings (SSSR count). The van der Waals surface area contributed by atoms with Crippen LogP contribution in [0.5, 0.6) is 0 Å². The molecule has 90 heavy (non-hydrogen) atoms. The molecule has 0 bridgehead atoms. The molecular formula is C71H138O17P2. The van der Waals surface area contributed by atoms with Crippen molar-refractivity contribution in [2.24, 2.45) is 5.92 Å². The van der Waals surface area contributed by atoms with Crippen LogP contribution in [0.3, 0.4) is 0 Å². The fourth-order valence-electron chi connectivity index (χ4n) is 10.8. The van der Waals surface area contributed by atoms with Crippen LogP contribution in [0.2, 0.25) is 0 Å². The van der Waals surface area contributed by atoms with Gasteiger partial charge in [0, 0.05) is 25.7 Å². The van der Waals surface area contributed by atoms with Gasteiger partial charge in [0.2, 0.25) is 0 Å². The number of hydrogen-bond donors (Lipinski definition) is 3. The van der Waals surface area contributed by atoms with Crippen LogP contribution < -0.4 is 0 Å². The largest absolute Gasteiger partial charge is 0.472 e. The second kappa shape index (κ2) is 64.4. The van der Waals surface area contributed by atoms with E-state index in [0.717, 1.165) is 109 Å². The Morgan fingerprint density at radius 1 is 0.300 bits per heavy atom. The van der Waals surface area contributed by atoms with Gasteiger partial charge in [-0.1, -0.05) is 317 Å². The SMILES string of the molecule is CCCCCCCCCCCCCCCCCC(=O)OC[C@H](COP(=O)(O)OC[C@@H](O)COP(=O)(O)OC[C@@H](COC(=O)CCCCCCCCCC)OC(=O)CCCCCCCCCC)OC(=O)CCCCCCCCCCCCCCCCCCC(C)C. The summed E-state index contributed by atoms with van der Waals surface area (Å²) in [5.41, 5.74) is 0. The molecule has 0 aliphatic carbocycles. The molecule has 0 aliphatic heterocycles. The van der Waals surface area contributed by atoms with Gasteiger partial charge in [-0.15, -0.1) is 0 Å². The Balaban J connectivity index is 5.16. The van der Waals surface area contributed by atoms with Gasteiger partial charge in [-0.25, -0.2) is 9.13 Å². The van der Waals surface area contributed by atoms with E-state index >= 15 is 0 Å². The molecule has 534 valence electrons. The lowest BCUT2D eigenvalue weighted by atomic mass is 10.0. The van der Waals surface area contributed by atoms with E-state index in [4.69, 9.17) is 37.0 Å². The molecule has 0 saturated carbocycles. The fraction of sp³-hybridized carbons (Fsp3) is 0.944. The molecule has 0 aromatic carbocycles. The lowest BCUT2D eigenvalue weighted by molar-refractivity contribution is -0.161. The highest BCUT2D eigenvalue weighted by molar-refractivity contribution is 7.47. The molecule has 0 aromatic heterocycles. The van der Waals surface area contributed by atoms with Crippen molar-refractivity contribution in [3.05, 3.63) is 0 Å². The van der Waals surface area contributed by atoms with E-state index in [9.17, 15) is 43.2 Å². The van der Waals surface area contributed by atoms with Gasteiger partial charge in [0.05, 0.1) is 26.4 Å². The molecule has 0 heterocycles. The number of carbonyl (C=O) groups is 4. The Labute approximate surface area is 549 Å². The number of rotatable bonds is 71. The molecule has 0 fully saturated rings. The summed E-state index contributed by atoms with van der Waals surface area (Å²) in [6.45, 7) is 7.23. The van der Waals surface area contributed by atoms with Crippen molar-refractivity contribution >= 4 is 39.5 Å². The van der Waals surface area contributed by atoms with E-state index in [2.05, 4.69) is 34.6 Å². The quantitative estimate of drug-likeness (QED) is 0.0222. The van der Waals surface area contributed by atoms with Crippen molar-refractivity contribution < 1.29 is 80.2 Å². The van der Waals surface area contributed by atoms with E-state index in [1.807, 2.05) is 0 Å². The Kier molecular flexibility index (Phi) is 63.0. The van der Waals surface area contributed by atoms with Crippen LogP contribution in [0.1, 0.15) is 369 Å². The van der Waals surface area contributed by atoms with Gasteiger partial charge < -0.3 is 33.8 Å². The van der Waals surface area contributed by atoms with Gasteiger partial charge in [0.15, 0.2) is 12.2 Å². The number of hydrogen-bond acceptors (Lipinski definition) is 15. The monoisotopic (exact) mass is 1320 g/mol. The van der Waals surface area contributed by atoms with Crippen molar-refractivity contribution in [1.82, 2.24) is 0 Å². The molecule has 3 N–H and O–H groups in total. The summed E-state index contributed by atoms with van der Waals surface area (Å²) in [7, 11) is -9.89. The molecule has 0 saturated heterocycles. The second-order valence-electron chi connectivity index (χ2n) is 26.1. The first kappa shape index (κ1) is 88.1. The van der Waals surface area contributed by atoms with Crippen LogP contribution in [0.25, 0.3) is 0 Å². The topological polar surface area (TPSA) is 237 Å². The third kappa shape index (κ3) is 64.8. The van der Waals surface area contributed by atoms with Gasteiger partial charge in [0.25, 0.3) is 0 Å². The maximum absolute atomic E-state index is 13.0. The zero-order valence-corrected chi connectivity index (χ0v) is 60.1.